The van der Waals surface area contributed by atoms with Gasteiger partial charge >= 0.3 is 5.69 Å². The van der Waals surface area contributed by atoms with Crippen LogP contribution in [0.1, 0.15) is 30.0 Å². The molecule has 0 aliphatic rings. The van der Waals surface area contributed by atoms with Gasteiger partial charge in [0.2, 0.25) is 0 Å². The van der Waals surface area contributed by atoms with Gasteiger partial charge in [-0.05, 0) is 37.1 Å². The van der Waals surface area contributed by atoms with Gasteiger partial charge in [0, 0.05) is 19.2 Å². The lowest BCUT2D eigenvalue weighted by Gasteiger charge is -2.15. The minimum Gasteiger partial charge on any atom is -0.293 e. The molecular formula is C20H21FN4O3S. The third kappa shape index (κ3) is 4.29. The Labute approximate surface area is 170 Å². The second kappa shape index (κ2) is 8.28. The zero-order valence-electron chi connectivity index (χ0n) is 16.6. The molecule has 152 valence electrons. The fourth-order valence-electron chi connectivity index (χ4n) is 2.93. The molecule has 0 radical (unpaired) electrons. The Bertz CT molecular complexity index is 1200. The molecule has 3 rings (SSSR count). The standard InChI is InChI=1S/C20H21FN4O3S/c1-11(2)9-25-17-16(19(27)24(4)20(25)28)18(23-12(3)22-17)29-10-15(26)13-5-7-14(21)8-6-13/h5-8,11H,9-10H2,1-4H3. The van der Waals surface area contributed by atoms with Crippen molar-refractivity contribution in [1.29, 1.82) is 0 Å². The zero-order chi connectivity index (χ0) is 21.3. The number of benzene rings is 1. The lowest BCUT2D eigenvalue weighted by molar-refractivity contribution is 0.102. The monoisotopic (exact) mass is 416 g/mol. The molecule has 9 heteroatoms. The number of thioether (sulfide) groups is 1. The van der Waals surface area contributed by atoms with Crippen molar-refractivity contribution in [2.24, 2.45) is 13.0 Å². The minimum atomic E-state index is -0.498. The number of rotatable bonds is 6. The Hall–Kier alpha value is -2.81. The Balaban J connectivity index is 2.07. The van der Waals surface area contributed by atoms with E-state index >= 15 is 0 Å². The molecule has 2 aromatic heterocycles. The van der Waals surface area contributed by atoms with Crippen LogP contribution in [-0.4, -0.2) is 30.6 Å². The number of hydrogen-bond acceptors (Lipinski definition) is 6. The number of carbonyl (C=O) groups excluding carboxylic acids is 1. The third-order valence-corrected chi connectivity index (χ3v) is 5.29. The molecule has 1 aromatic carbocycles. The van der Waals surface area contributed by atoms with Crippen LogP contribution < -0.4 is 11.2 Å². The number of hydrogen-bond donors (Lipinski definition) is 0. The first-order valence-corrected chi connectivity index (χ1v) is 10.1. The van der Waals surface area contributed by atoms with Gasteiger partial charge in [0.05, 0.1) is 5.75 Å². The van der Waals surface area contributed by atoms with Crippen LogP contribution in [0.2, 0.25) is 0 Å². The number of fused-ring (bicyclic) bond motifs is 1. The van der Waals surface area contributed by atoms with E-state index in [0.717, 1.165) is 16.3 Å². The molecule has 7 nitrogen and oxygen atoms in total. The molecule has 0 N–H and O–H groups in total. The molecule has 0 aliphatic carbocycles. The first-order chi connectivity index (χ1) is 13.7. The topological polar surface area (TPSA) is 86.9 Å². The largest absolute Gasteiger partial charge is 0.332 e. The van der Waals surface area contributed by atoms with Gasteiger partial charge in [0.15, 0.2) is 11.4 Å². The van der Waals surface area contributed by atoms with E-state index in [4.69, 9.17) is 0 Å². The number of aryl methyl sites for hydroxylation is 1. The maximum absolute atomic E-state index is 13.1. The fraction of sp³-hybridized carbons (Fsp3) is 0.350. The van der Waals surface area contributed by atoms with Crippen molar-refractivity contribution >= 4 is 28.6 Å². The van der Waals surface area contributed by atoms with E-state index < -0.39 is 17.1 Å². The van der Waals surface area contributed by atoms with Crippen LogP contribution in [0, 0.1) is 18.7 Å². The molecular weight excluding hydrogens is 395 g/mol. The van der Waals surface area contributed by atoms with Crippen LogP contribution in [0.5, 0.6) is 0 Å². The summed E-state index contributed by atoms with van der Waals surface area (Å²) in [6.45, 7) is 6.01. The van der Waals surface area contributed by atoms with Gasteiger partial charge in [-0.15, -0.1) is 0 Å². The summed E-state index contributed by atoms with van der Waals surface area (Å²) in [4.78, 5) is 46.5. The van der Waals surface area contributed by atoms with E-state index in [1.807, 2.05) is 13.8 Å². The summed E-state index contributed by atoms with van der Waals surface area (Å²) in [6.07, 6.45) is 0. The van der Waals surface area contributed by atoms with Crippen molar-refractivity contribution < 1.29 is 9.18 Å². The van der Waals surface area contributed by atoms with E-state index in [-0.39, 0.29) is 28.5 Å². The first kappa shape index (κ1) is 20.9. The summed E-state index contributed by atoms with van der Waals surface area (Å²) < 4.78 is 15.6. The summed E-state index contributed by atoms with van der Waals surface area (Å²) in [5, 5.41) is 0.566. The average molecular weight is 416 g/mol. The van der Waals surface area contributed by atoms with Crippen molar-refractivity contribution in [2.75, 3.05) is 5.75 Å². The van der Waals surface area contributed by atoms with Crippen molar-refractivity contribution in [3.05, 3.63) is 62.3 Å². The highest BCUT2D eigenvalue weighted by atomic mass is 32.2. The summed E-state index contributed by atoms with van der Waals surface area (Å²) in [5.74, 6) is -0.0480. The number of halogens is 1. The zero-order valence-corrected chi connectivity index (χ0v) is 17.4. The predicted molar refractivity (Wildman–Crippen MR) is 110 cm³/mol. The molecule has 3 aromatic rings. The van der Waals surface area contributed by atoms with Gasteiger partial charge in [-0.3, -0.25) is 18.7 Å². The summed E-state index contributed by atoms with van der Waals surface area (Å²) in [7, 11) is 1.42. The van der Waals surface area contributed by atoms with E-state index in [9.17, 15) is 18.8 Å². The molecule has 0 saturated carbocycles. The number of carbonyl (C=O) groups is 1. The van der Waals surface area contributed by atoms with Crippen molar-refractivity contribution in [3.8, 4) is 0 Å². The van der Waals surface area contributed by atoms with E-state index in [0.29, 0.717) is 23.0 Å². The summed E-state index contributed by atoms with van der Waals surface area (Å²) >= 11 is 1.10. The molecule has 29 heavy (non-hydrogen) atoms. The molecule has 0 amide bonds. The van der Waals surface area contributed by atoms with Gasteiger partial charge in [0.25, 0.3) is 5.56 Å². The highest BCUT2D eigenvalue weighted by molar-refractivity contribution is 8.00. The smallest absolute Gasteiger partial charge is 0.293 e. The Morgan fingerprint density at radius 3 is 2.45 bits per heavy atom. The number of nitrogens with zero attached hydrogens (tertiary/aromatic N) is 4. The molecule has 0 bridgehead atoms. The summed E-state index contributed by atoms with van der Waals surface area (Å²) in [5.41, 5.74) is -0.288. The van der Waals surface area contributed by atoms with Crippen LogP contribution in [0.4, 0.5) is 4.39 Å². The van der Waals surface area contributed by atoms with Gasteiger partial charge in [-0.2, -0.15) is 0 Å². The van der Waals surface area contributed by atoms with Gasteiger partial charge in [0.1, 0.15) is 22.1 Å². The normalized spacial score (nSPS) is 11.4. The van der Waals surface area contributed by atoms with Crippen LogP contribution in [-0.2, 0) is 13.6 Å². The van der Waals surface area contributed by atoms with E-state index in [2.05, 4.69) is 9.97 Å². The molecule has 2 heterocycles. The van der Waals surface area contributed by atoms with Gasteiger partial charge in [-0.25, -0.2) is 19.2 Å². The van der Waals surface area contributed by atoms with Gasteiger partial charge in [-0.1, -0.05) is 25.6 Å². The third-order valence-electron chi connectivity index (χ3n) is 4.31. The lowest BCUT2D eigenvalue weighted by atomic mass is 10.1. The minimum absolute atomic E-state index is 0.0175. The average Bonchev–Trinajstić information content (AvgIpc) is 2.67. The van der Waals surface area contributed by atoms with Crippen LogP contribution in [0.15, 0.2) is 38.9 Å². The Morgan fingerprint density at radius 2 is 1.83 bits per heavy atom. The first-order valence-electron chi connectivity index (χ1n) is 9.08. The second-order valence-corrected chi connectivity index (χ2v) is 8.11. The molecule has 0 atom stereocenters. The number of aromatic nitrogens is 4. The predicted octanol–water partition coefficient (Wildman–Crippen LogP) is 2.57. The molecule has 0 unspecified atom stereocenters. The van der Waals surface area contributed by atoms with Crippen molar-refractivity contribution in [3.63, 3.8) is 0 Å². The SMILES string of the molecule is Cc1nc(SCC(=O)c2ccc(F)cc2)c2c(=O)n(C)c(=O)n(CC(C)C)c2n1. The van der Waals surface area contributed by atoms with E-state index in [1.54, 1.807) is 6.92 Å². The highest BCUT2D eigenvalue weighted by Crippen LogP contribution is 2.23. The molecule has 0 fully saturated rings. The Morgan fingerprint density at radius 1 is 1.17 bits per heavy atom. The van der Waals surface area contributed by atoms with Crippen molar-refractivity contribution in [2.45, 2.75) is 32.3 Å². The summed E-state index contributed by atoms with van der Waals surface area (Å²) in [6, 6.07) is 5.28. The second-order valence-electron chi connectivity index (χ2n) is 7.14. The Kier molecular flexibility index (Phi) is 5.97. The van der Waals surface area contributed by atoms with E-state index in [1.165, 1.54) is 35.9 Å². The lowest BCUT2D eigenvalue weighted by Crippen LogP contribution is -2.39. The molecule has 0 saturated heterocycles. The van der Waals surface area contributed by atoms with Crippen LogP contribution in [0.3, 0.4) is 0 Å². The number of Topliss-reactive ketones (excluding diaryl/α,β-unsaturated/α-hetero) is 1. The fourth-order valence-corrected chi connectivity index (χ4v) is 3.88. The molecule has 0 spiro atoms. The maximum Gasteiger partial charge on any atom is 0.332 e. The van der Waals surface area contributed by atoms with Gasteiger partial charge < -0.3 is 0 Å². The quantitative estimate of drug-likeness (QED) is 0.349. The van der Waals surface area contributed by atoms with Crippen LogP contribution in [0.25, 0.3) is 11.0 Å². The van der Waals surface area contributed by atoms with Crippen LogP contribution >= 0.6 is 11.8 Å². The number of ketones is 1. The maximum atomic E-state index is 13.1. The molecule has 0 aliphatic heterocycles. The van der Waals surface area contributed by atoms with Crippen molar-refractivity contribution in [1.82, 2.24) is 19.1 Å². The highest BCUT2D eigenvalue weighted by Gasteiger charge is 2.19.